The average Bonchev–Trinajstić information content (AvgIpc) is 2.74. The van der Waals surface area contributed by atoms with E-state index in [1.165, 1.54) is 0 Å². The molecule has 2 amide bonds. The Morgan fingerprint density at radius 1 is 0.852 bits per heavy atom. The van der Waals surface area contributed by atoms with Gasteiger partial charge in [-0.2, -0.15) is 0 Å². The van der Waals surface area contributed by atoms with Gasteiger partial charge in [0.1, 0.15) is 5.75 Å². The number of ether oxygens (including phenoxy) is 1. The first-order valence-corrected chi connectivity index (χ1v) is 8.47. The SMILES string of the molecule is COc1ccc(NC(=O)c2cccc(C(=O)N(C)c3ccccc3)c2)cc1. The first-order valence-electron chi connectivity index (χ1n) is 8.47. The molecule has 3 aromatic carbocycles. The predicted octanol–water partition coefficient (Wildman–Crippen LogP) is 4.22. The van der Waals surface area contributed by atoms with Gasteiger partial charge in [0.25, 0.3) is 11.8 Å². The summed E-state index contributed by atoms with van der Waals surface area (Å²) in [4.78, 5) is 26.8. The number of para-hydroxylation sites is 1. The molecule has 0 aliphatic rings. The number of benzene rings is 3. The van der Waals surface area contributed by atoms with Crippen molar-refractivity contribution in [1.82, 2.24) is 0 Å². The number of hydrogen-bond donors (Lipinski definition) is 1. The maximum Gasteiger partial charge on any atom is 0.258 e. The van der Waals surface area contributed by atoms with Crippen LogP contribution in [0.15, 0.2) is 78.9 Å². The van der Waals surface area contributed by atoms with Crippen LogP contribution in [0.2, 0.25) is 0 Å². The van der Waals surface area contributed by atoms with Crippen molar-refractivity contribution in [3.05, 3.63) is 90.0 Å². The summed E-state index contributed by atoms with van der Waals surface area (Å²) >= 11 is 0. The maximum absolute atomic E-state index is 12.7. The lowest BCUT2D eigenvalue weighted by molar-refractivity contribution is 0.0993. The molecule has 5 nitrogen and oxygen atoms in total. The fourth-order valence-electron chi connectivity index (χ4n) is 2.63. The summed E-state index contributed by atoms with van der Waals surface area (Å²) in [6.45, 7) is 0. The van der Waals surface area contributed by atoms with Gasteiger partial charge in [0.05, 0.1) is 7.11 Å². The van der Waals surface area contributed by atoms with E-state index in [2.05, 4.69) is 5.32 Å². The number of hydrogen-bond acceptors (Lipinski definition) is 3. The molecule has 0 bridgehead atoms. The smallest absolute Gasteiger partial charge is 0.258 e. The molecular formula is C22H20N2O3. The fourth-order valence-corrected chi connectivity index (χ4v) is 2.63. The van der Waals surface area contributed by atoms with E-state index in [9.17, 15) is 9.59 Å². The minimum absolute atomic E-state index is 0.180. The molecule has 0 aromatic heterocycles. The minimum atomic E-state index is -0.280. The normalized spacial score (nSPS) is 10.1. The number of methoxy groups -OCH3 is 1. The second kappa shape index (κ2) is 8.19. The third-order valence-electron chi connectivity index (χ3n) is 4.17. The van der Waals surface area contributed by atoms with E-state index in [-0.39, 0.29) is 11.8 Å². The van der Waals surface area contributed by atoms with Crippen LogP contribution in [-0.2, 0) is 0 Å². The summed E-state index contributed by atoms with van der Waals surface area (Å²) in [7, 11) is 3.30. The van der Waals surface area contributed by atoms with Gasteiger partial charge in [-0.1, -0.05) is 24.3 Å². The predicted molar refractivity (Wildman–Crippen MR) is 107 cm³/mol. The van der Waals surface area contributed by atoms with Gasteiger partial charge in [0.2, 0.25) is 0 Å². The lowest BCUT2D eigenvalue weighted by Crippen LogP contribution is -2.26. The van der Waals surface area contributed by atoms with E-state index in [4.69, 9.17) is 4.74 Å². The Balaban J connectivity index is 1.76. The van der Waals surface area contributed by atoms with Crippen LogP contribution in [0.4, 0.5) is 11.4 Å². The quantitative estimate of drug-likeness (QED) is 0.741. The monoisotopic (exact) mass is 360 g/mol. The van der Waals surface area contributed by atoms with E-state index in [0.29, 0.717) is 22.6 Å². The standard InChI is InChI=1S/C22H20N2O3/c1-24(19-9-4-3-5-10-19)22(26)17-8-6-7-16(15-17)21(25)23-18-11-13-20(27-2)14-12-18/h3-15H,1-2H3,(H,23,25). The number of nitrogens with zero attached hydrogens (tertiary/aromatic N) is 1. The number of carbonyl (C=O) groups excluding carboxylic acids is 2. The number of nitrogens with one attached hydrogen (secondary N) is 1. The van der Waals surface area contributed by atoms with E-state index < -0.39 is 0 Å². The molecule has 0 unspecified atom stereocenters. The van der Waals surface area contributed by atoms with Gasteiger partial charge in [-0.25, -0.2) is 0 Å². The Hall–Kier alpha value is -3.60. The van der Waals surface area contributed by atoms with Crippen molar-refractivity contribution in [2.75, 3.05) is 24.4 Å². The molecule has 0 aliphatic heterocycles. The molecule has 5 heteroatoms. The maximum atomic E-state index is 12.7. The van der Waals surface area contributed by atoms with E-state index >= 15 is 0 Å². The molecule has 0 heterocycles. The van der Waals surface area contributed by atoms with Crippen LogP contribution >= 0.6 is 0 Å². The van der Waals surface area contributed by atoms with Crippen LogP contribution in [0.1, 0.15) is 20.7 Å². The number of carbonyl (C=O) groups is 2. The zero-order valence-corrected chi connectivity index (χ0v) is 15.2. The summed E-state index contributed by atoms with van der Waals surface area (Å²) in [6.07, 6.45) is 0. The molecule has 27 heavy (non-hydrogen) atoms. The zero-order valence-electron chi connectivity index (χ0n) is 15.2. The van der Waals surface area contributed by atoms with Crippen LogP contribution in [0, 0.1) is 0 Å². The van der Waals surface area contributed by atoms with E-state index in [0.717, 1.165) is 5.69 Å². The Morgan fingerprint density at radius 2 is 1.52 bits per heavy atom. The topological polar surface area (TPSA) is 58.6 Å². The molecule has 0 radical (unpaired) electrons. The second-order valence-electron chi connectivity index (χ2n) is 5.96. The van der Waals surface area contributed by atoms with Gasteiger partial charge < -0.3 is 15.0 Å². The lowest BCUT2D eigenvalue weighted by Gasteiger charge is -2.17. The highest BCUT2D eigenvalue weighted by molar-refractivity contribution is 6.09. The molecule has 0 saturated heterocycles. The van der Waals surface area contributed by atoms with Crippen LogP contribution in [-0.4, -0.2) is 26.0 Å². The first-order chi connectivity index (χ1) is 13.1. The van der Waals surface area contributed by atoms with Crippen LogP contribution in [0.5, 0.6) is 5.75 Å². The number of anilines is 2. The summed E-state index contributed by atoms with van der Waals surface area (Å²) in [5.74, 6) is 0.252. The number of amides is 2. The molecule has 1 N–H and O–H groups in total. The zero-order chi connectivity index (χ0) is 19.2. The summed E-state index contributed by atoms with van der Waals surface area (Å²) in [5.41, 5.74) is 2.30. The van der Waals surface area contributed by atoms with E-state index in [1.54, 1.807) is 67.6 Å². The Labute approximate surface area is 158 Å². The molecule has 136 valence electrons. The van der Waals surface area contributed by atoms with Crippen molar-refractivity contribution in [3.8, 4) is 5.75 Å². The molecule has 0 saturated carbocycles. The Kier molecular flexibility index (Phi) is 5.52. The summed E-state index contributed by atoms with van der Waals surface area (Å²) < 4.78 is 5.10. The third-order valence-corrected chi connectivity index (χ3v) is 4.17. The molecule has 0 fully saturated rings. The molecular weight excluding hydrogens is 340 g/mol. The van der Waals surface area contributed by atoms with Crippen LogP contribution in [0.3, 0.4) is 0 Å². The average molecular weight is 360 g/mol. The van der Waals surface area contributed by atoms with Gasteiger partial charge in [0.15, 0.2) is 0 Å². The number of rotatable bonds is 5. The lowest BCUT2D eigenvalue weighted by atomic mass is 10.1. The molecule has 0 atom stereocenters. The molecule has 3 rings (SSSR count). The van der Waals surface area contributed by atoms with Crippen molar-refractivity contribution in [2.24, 2.45) is 0 Å². The second-order valence-corrected chi connectivity index (χ2v) is 5.96. The van der Waals surface area contributed by atoms with E-state index in [1.807, 2.05) is 30.3 Å². The van der Waals surface area contributed by atoms with Crippen molar-refractivity contribution >= 4 is 23.2 Å². The van der Waals surface area contributed by atoms with Crippen LogP contribution < -0.4 is 15.0 Å². The van der Waals surface area contributed by atoms with Crippen molar-refractivity contribution < 1.29 is 14.3 Å². The summed E-state index contributed by atoms with van der Waals surface area (Å²) in [6, 6.07) is 23.1. The van der Waals surface area contributed by atoms with Crippen molar-refractivity contribution in [2.45, 2.75) is 0 Å². The Morgan fingerprint density at radius 3 is 2.19 bits per heavy atom. The van der Waals surface area contributed by atoms with Gasteiger partial charge in [-0.3, -0.25) is 9.59 Å². The molecule has 3 aromatic rings. The van der Waals surface area contributed by atoms with Gasteiger partial charge in [-0.15, -0.1) is 0 Å². The fraction of sp³-hybridized carbons (Fsp3) is 0.0909. The van der Waals surface area contributed by atoms with Gasteiger partial charge in [0, 0.05) is 29.5 Å². The summed E-state index contributed by atoms with van der Waals surface area (Å²) in [5, 5.41) is 2.82. The largest absolute Gasteiger partial charge is 0.497 e. The highest BCUT2D eigenvalue weighted by atomic mass is 16.5. The van der Waals surface area contributed by atoms with Crippen LogP contribution in [0.25, 0.3) is 0 Å². The van der Waals surface area contributed by atoms with Gasteiger partial charge >= 0.3 is 0 Å². The minimum Gasteiger partial charge on any atom is -0.497 e. The third kappa shape index (κ3) is 4.33. The highest BCUT2D eigenvalue weighted by Crippen LogP contribution is 2.18. The van der Waals surface area contributed by atoms with Crippen molar-refractivity contribution in [3.63, 3.8) is 0 Å². The Bertz CT molecular complexity index is 937. The van der Waals surface area contributed by atoms with Crippen molar-refractivity contribution in [1.29, 1.82) is 0 Å². The first kappa shape index (κ1) is 18.2. The highest BCUT2D eigenvalue weighted by Gasteiger charge is 2.15. The van der Waals surface area contributed by atoms with Gasteiger partial charge in [-0.05, 0) is 54.6 Å². The molecule has 0 spiro atoms. The molecule has 0 aliphatic carbocycles.